The lowest BCUT2D eigenvalue weighted by Gasteiger charge is -2.37. The highest BCUT2D eigenvalue weighted by atomic mass is 35.5. The van der Waals surface area contributed by atoms with E-state index in [2.05, 4.69) is 5.32 Å². The quantitative estimate of drug-likeness (QED) is 0.469. The standard InChI is InChI=1S/C29H32ClNO4/c1-16(2)34-25-9-7-6-8-22(25)27-26(29(33)35-17(3)4)18(5)31-23-14-20(15-24(32)28(23)27)19-10-12-21(30)13-11-19/h6-13,16-17,20,27,31H,14-15H2,1-5H3/t20-,27-/m1/s1. The number of allylic oxidation sites excluding steroid dienone is 3. The third kappa shape index (κ3) is 5.30. The van der Waals surface area contributed by atoms with Crippen molar-refractivity contribution in [2.75, 3.05) is 0 Å². The predicted octanol–water partition coefficient (Wildman–Crippen LogP) is 6.44. The van der Waals surface area contributed by atoms with Crippen molar-refractivity contribution < 1.29 is 19.1 Å². The van der Waals surface area contributed by atoms with E-state index in [0.717, 1.165) is 16.8 Å². The fourth-order valence-electron chi connectivity index (χ4n) is 4.95. The number of hydrogen-bond donors (Lipinski definition) is 1. The second kappa shape index (κ2) is 10.3. The van der Waals surface area contributed by atoms with Gasteiger partial charge in [0.05, 0.1) is 23.7 Å². The third-order valence-electron chi connectivity index (χ3n) is 6.32. The van der Waals surface area contributed by atoms with Crippen molar-refractivity contribution in [2.45, 2.75) is 71.5 Å². The van der Waals surface area contributed by atoms with Gasteiger partial charge >= 0.3 is 5.97 Å². The van der Waals surface area contributed by atoms with E-state index in [0.29, 0.717) is 40.5 Å². The monoisotopic (exact) mass is 493 g/mol. The first-order valence-electron chi connectivity index (χ1n) is 12.1. The Labute approximate surface area is 212 Å². The summed E-state index contributed by atoms with van der Waals surface area (Å²) in [6.45, 7) is 9.43. The van der Waals surface area contributed by atoms with E-state index in [1.807, 2.05) is 83.1 Å². The molecule has 4 rings (SSSR count). The number of Topliss-reactive ketones (excluding diaryl/α,β-unsaturated/α-hetero) is 1. The van der Waals surface area contributed by atoms with Crippen molar-refractivity contribution >= 4 is 23.4 Å². The third-order valence-corrected chi connectivity index (χ3v) is 6.58. The molecule has 0 bridgehead atoms. The molecular formula is C29H32ClNO4. The molecule has 2 aromatic carbocycles. The molecule has 0 saturated carbocycles. The predicted molar refractivity (Wildman–Crippen MR) is 137 cm³/mol. The van der Waals surface area contributed by atoms with E-state index in [1.165, 1.54) is 0 Å². The van der Waals surface area contributed by atoms with Crippen LogP contribution in [0.15, 0.2) is 71.1 Å². The van der Waals surface area contributed by atoms with E-state index < -0.39 is 11.9 Å². The molecule has 0 spiro atoms. The van der Waals surface area contributed by atoms with Gasteiger partial charge in [-0.25, -0.2) is 4.79 Å². The minimum Gasteiger partial charge on any atom is -0.491 e. The van der Waals surface area contributed by atoms with Crippen molar-refractivity contribution in [1.29, 1.82) is 0 Å². The van der Waals surface area contributed by atoms with E-state index in [-0.39, 0.29) is 23.9 Å². The summed E-state index contributed by atoms with van der Waals surface area (Å²) in [5.41, 5.74) is 4.49. The van der Waals surface area contributed by atoms with Gasteiger partial charge in [-0.15, -0.1) is 0 Å². The van der Waals surface area contributed by atoms with Crippen LogP contribution < -0.4 is 10.1 Å². The van der Waals surface area contributed by atoms with Crippen LogP contribution in [0.2, 0.25) is 5.02 Å². The smallest absolute Gasteiger partial charge is 0.337 e. The maximum absolute atomic E-state index is 13.8. The Hall–Kier alpha value is -3.05. The largest absolute Gasteiger partial charge is 0.491 e. The molecule has 1 aliphatic carbocycles. The summed E-state index contributed by atoms with van der Waals surface area (Å²) in [4.78, 5) is 27.1. The summed E-state index contributed by atoms with van der Waals surface area (Å²) in [5.74, 6) is -0.271. The molecule has 0 saturated heterocycles. The number of halogens is 1. The number of nitrogens with one attached hydrogen (secondary N) is 1. The van der Waals surface area contributed by atoms with Crippen molar-refractivity contribution in [3.8, 4) is 5.75 Å². The highest BCUT2D eigenvalue weighted by Gasteiger charge is 2.42. The van der Waals surface area contributed by atoms with Crippen molar-refractivity contribution in [1.82, 2.24) is 5.32 Å². The van der Waals surface area contributed by atoms with Crippen LogP contribution in [-0.4, -0.2) is 24.0 Å². The van der Waals surface area contributed by atoms with Crippen LogP contribution in [0.25, 0.3) is 0 Å². The Morgan fingerprint density at radius 2 is 1.69 bits per heavy atom. The molecule has 184 valence electrons. The Balaban J connectivity index is 1.83. The summed E-state index contributed by atoms with van der Waals surface area (Å²) in [5, 5.41) is 4.06. The first kappa shape index (κ1) is 25.1. The van der Waals surface area contributed by atoms with Gasteiger partial charge in [0.1, 0.15) is 5.75 Å². The molecule has 0 radical (unpaired) electrons. The van der Waals surface area contributed by atoms with Gasteiger partial charge in [0, 0.05) is 34.0 Å². The normalized spacial score (nSPS) is 20.2. The molecule has 6 heteroatoms. The zero-order valence-corrected chi connectivity index (χ0v) is 21.6. The summed E-state index contributed by atoms with van der Waals surface area (Å²) < 4.78 is 11.7. The number of carbonyl (C=O) groups excluding carboxylic acids is 2. The molecule has 1 heterocycles. The number of hydrogen-bond acceptors (Lipinski definition) is 5. The minimum absolute atomic E-state index is 0.0189. The van der Waals surface area contributed by atoms with Gasteiger partial charge in [0.15, 0.2) is 5.78 Å². The van der Waals surface area contributed by atoms with Crippen molar-refractivity contribution in [2.24, 2.45) is 0 Å². The SMILES string of the molecule is CC1=C(C(=O)OC(C)C)[C@@H](c2ccccc2OC(C)C)C2=C(C[C@@H](c3ccc(Cl)cc3)CC2=O)N1. The number of para-hydroxylation sites is 1. The molecule has 0 aromatic heterocycles. The molecule has 35 heavy (non-hydrogen) atoms. The maximum Gasteiger partial charge on any atom is 0.337 e. The van der Waals surface area contributed by atoms with Gasteiger partial charge in [-0.1, -0.05) is 41.9 Å². The number of carbonyl (C=O) groups is 2. The number of ketones is 1. The van der Waals surface area contributed by atoms with E-state index >= 15 is 0 Å². The van der Waals surface area contributed by atoms with Gasteiger partial charge in [0.2, 0.25) is 0 Å². The van der Waals surface area contributed by atoms with Crippen molar-refractivity contribution in [3.05, 3.63) is 87.2 Å². The Morgan fingerprint density at radius 1 is 1.00 bits per heavy atom. The minimum atomic E-state index is -0.564. The Morgan fingerprint density at radius 3 is 2.34 bits per heavy atom. The van der Waals surface area contributed by atoms with Crippen molar-refractivity contribution in [3.63, 3.8) is 0 Å². The van der Waals surface area contributed by atoms with Crippen LogP contribution in [-0.2, 0) is 14.3 Å². The topological polar surface area (TPSA) is 64.6 Å². The summed E-state index contributed by atoms with van der Waals surface area (Å²) in [6.07, 6.45) is 0.685. The first-order chi connectivity index (χ1) is 16.7. The van der Waals surface area contributed by atoms with Crippen LogP contribution >= 0.6 is 11.6 Å². The average molecular weight is 494 g/mol. The van der Waals surface area contributed by atoms with Crippen LogP contribution in [0.3, 0.4) is 0 Å². The highest BCUT2D eigenvalue weighted by Crippen LogP contribution is 2.48. The molecule has 2 aromatic rings. The molecule has 0 unspecified atom stereocenters. The second-order valence-corrected chi connectivity index (χ2v) is 10.2. The fourth-order valence-corrected chi connectivity index (χ4v) is 5.08. The van der Waals surface area contributed by atoms with Crippen LogP contribution in [0.4, 0.5) is 0 Å². The molecule has 1 N–H and O–H groups in total. The highest BCUT2D eigenvalue weighted by molar-refractivity contribution is 6.30. The van der Waals surface area contributed by atoms with Gasteiger partial charge in [0.25, 0.3) is 0 Å². The summed E-state index contributed by atoms with van der Waals surface area (Å²) in [6, 6.07) is 15.3. The fraction of sp³-hybridized carbons (Fsp3) is 0.379. The average Bonchev–Trinajstić information content (AvgIpc) is 2.78. The zero-order valence-electron chi connectivity index (χ0n) is 20.9. The molecule has 2 aliphatic rings. The van der Waals surface area contributed by atoms with Gasteiger partial charge < -0.3 is 14.8 Å². The van der Waals surface area contributed by atoms with E-state index in [1.54, 1.807) is 0 Å². The lowest BCUT2D eigenvalue weighted by molar-refractivity contribution is -0.143. The number of esters is 1. The molecular weight excluding hydrogens is 462 g/mol. The van der Waals surface area contributed by atoms with E-state index in [9.17, 15) is 9.59 Å². The van der Waals surface area contributed by atoms with E-state index in [4.69, 9.17) is 21.1 Å². The lowest BCUT2D eigenvalue weighted by Crippen LogP contribution is -2.36. The number of rotatable bonds is 6. The second-order valence-electron chi connectivity index (χ2n) is 9.73. The van der Waals surface area contributed by atoms with Gasteiger partial charge in [-0.2, -0.15) is 0 Å². The number of benzene rings is 2. The molecule has 2 atom stereocenters. The van der Waals surface area contributed by atoms with Gasteiger partial charge in [-0.05, 0) is 70.7 Å². The molecule has 1 aliphatic heterocycles. The molecule has 0 amide bonds. The van der Waals surface area contributed by atoms with Gasteiger partial charge in [-0.3, -0.25) is 4.79 Å². The maximum atomic E-state index is 13.8. The lowest BCUT2D eigenvalue weighted by atomic mass is 9.71. The van der Waals surface area contributed by atoms with Crippen LogP contribution in [0, 0.1) is 0 Å². The Bertz CT molecular complexity index is 1190. The van der Waals surface area contributed by atoms with Crippen LogP contribution in [0.1, 0.15) is 70.4 Å². The van der Waals surface area contributed by atoms with Crippen LogP contribution in [0.5, 0.6) is 5.75 Å². The molecule has 5 nitrogen and oxygen atoms in total. The summed E-state index contributed by atoms with van der Waals surface area (Å²) >= 11 is 6.08. The number of dihydropyridines is 1. The Kier molecular flexibility index (Phi) is 7.36. The molecule has 0 fully saturated rings. The number of ether oxygens (including phenoxy) is 2. The first-order valence-corrected chi connectivity index (χ1v) is 12.5. The summed E-state index contributed by atoms with van der Waals surface area (Å²) in [7, 11) is 0. The zero-order chi connectivity index (χ0) is 25.3.